The molecule has 22 heavy (non-hydrogen) atoms. The van der Waals surface area contributed by atoms with Gasteiger partial charge in [-0.05, 0) is 35.6 Å². The van der Waals surface area contributed by atoms with Crippen LogP contribution < -0.4 is 5.32 Å². The first-order valence-corrected chi connectivity index (χ1v) is 8.11. The Kier molecular flexibility index (Phi) is 6.16. The van der Waals surface area contributed by atoms with Crippen LogP contribution in [0.4, 0.5) is 0 Å². The Morgan fingerprint density at radius 1 is 1.18 bits per heavy atom. The minimum absolute atomic E-state index is 0.245. The van der Waals surface area contributed by atoms with Gasteiger partial charge in [0.15, 0.2) is 0 Å². The van der Waals surface area contributed by atoms with Crippen molar-refractivity contribution in [3.05, 3.63) is 70.2 Å². The van der Waals surface area contributed by atoms with Crippen molar-refractivity contribution in [3.8, 4) is 0 Å². The summed E-state index contributed by atoms with van der Waals surface area (Å²) in [6.45, 7) is 2.72. The molecule has 2 rings (SSSR count). The van der Waals surface area contributed by atoms with Crippen molar-refractivity contribution in [2.75, 3.05) is 6.54 Å². The van der Waals surface area contributed by atoms with Gasteiger partial charge >= 0.3 is 5.97 Å². The first kappa shape index (κ1) is 16.7. The summed E-state index contributed by atoms with van der Waals surface area (Å²) in [6.07, 6.45) is 0.487. The van der Waals surface area contributed by atoms with Gasteiger partial charge in [-0.1, -0.05) is 65.3 Å². The highest BCUT2D eigenvalue weighted by Gasteiger charge is 2.18. The molecule has 0 amide bonds. The zero-order chi connectivity index (χ0) is 15.9. The van der Waals surface area contributed by atoms with Gasteiger partial charge in [-0.3, -0.25) is 4.79 Å². The van der Waals surface area contributed by atoms with Gasteiger partial charge in [0, 0.05) is 11.0 Å². The molecule has 0 bridgehead atoms. The molecule has 116 valence electrons. The summed E-state index contributed by atoms with van der Waals surface area (Å²) < 4.78 is 1.04. The topological polar surface area (TPSA) is 49.3 Å². The van der Waals surface area contributed by atoms with Crippen LogP contribution in [0.5, 0.6) is 0 Å². The SMILES string of the molecule is CC(CN[C@@H](Cc1ccccc1)C(=O)O)c1cccc(Br)c1. The number of halogens is 1. The van der Waals surface area contributed by atoms with E-state index in [2.05, 4.69) is 40.3 Å². The van der Waals surface area contributed by atoms with Crippen LogP contribution in [-0.2, 0) is 11.2 Å². The summed E-state index contributed by atoms with van der Waals surface area (Å²) in [5.41, 5.74) is 2.21. The van der Waals surface area contributed by atoms with Gasteiger partial charge in [-0.15, -0.1) is 0 Å². The van der Waals surface area contributed by atoms with Crippen molar-refractivity contribution in [2.24, 2.45) is 0 Å². The fourth-order valence-electron chi connectivity index (χ4n) is 2.35. The number of hydrogen-bond donors (Lipinski definition) is 2. The third kappa shape index (κ3) is 4.97. The normalized spacial score (nSPS) is 13.5. The third-order valence-electron chi connectivity index (χ3n) is 3.67. The molecular weight excluding hydrogens is 342 g/mol. The van der Waals surface area contributed by atoms with E-state index in [1.165, 1.54) is 5.56 Å². The Labute approximate surface area is 139 Å². The third-order valence-corrected chi connectivity index (χ3v) is 4.16. The quantitative estimate of drug-likeness (QED) is 0.787. The zero-order valence-electron chi connectivity index (χ0n) is 12.5. The van der Waals surface area contributed by atoms with E-state index in [0.29, 0.717) is 13.0 Å². The lowest BCUT2D eigenvalue weighted by Gasteiger charge is -2.18. The maximum absolute atomic E-state index is 11.4. The van der Waals surface area contributed by atoms with E-state index in [-0.39, 0.29) is 5.92 Å². The number of rotatable bonds is 7. The summed E-state index contributed by atoms with van der Waals surface area (Å²) in [5, 5.41) is 12.6. The fraction of sp³-hybridized carbons (Fsp3) is 0.278. The Bertz CT molecular complexity index is 615. The molecule has 0 saturated carbocycles. The van der Waals surface area contributed by atoms with Gasteiger partial charge in [0.25, 0.3) is 0 Å². The molecule has 4 heteroatoms. The molecule has 2 atom stereocenters. The van der Waals surface area contributed by atoms with Crippen LogP contribution in [-0.4, -0.2) is 23.7 Å². The molecule has 0 heterocycles. The molecule has 0 saturated heterocycles. The monoisotopic (exact) mass is 361 g/mol. The maximum atomic E-state index is 11.4. The first-order valence-electron chi connectivity index (χ1n) is 7.32. The molecule has 2 aromatic rings. The van der Waals surface area contributed by atoms with E-state index < -0.39 is 12.0 Å². The molecule has 0 radical (unpaired) electrons. The summed E-state index contributed by atoms with van der Waals surface area (Å²) >= 11 is 3.46. The van der Waals surface area contributed by atoms with Crippen molar-refractivity contribution in [1.82, 2.24) is 5.32 Å². The molecular formula is C18H20BrNO2. The molecule has 1 unspecified atom stereocenters. The molecule has 3 nitrogen and oxygen atoms in total. The lowest BCUT2D eigenvalue weighted by molar-refractivity contribution is -0.139. The molecule has 0 fully saturated rings. The minimum Gasteiger partial charge on any atom is -0.480 e. The zero-order valence-corrected chi connectivity index (χ0v) is 14.1. The van der Waals surface area contributed by atoms with E-state index in [4.69, 9.17) is 0 Å². The average Bonchev–Trinajstić information content (AvgIpc) is 2.51. The first-order chi connectivity index (χ1) is 10.6. The van der Waals surface area contributed by atoms with Crippen molar-refractivity contribution < 1.29 is 9.90 Å². The molecule has 0 aliphatic rings. The van der Waals surface area contributed by atoms with Crippen LogP contribution in [0.1, 0.15) is 24.0 Å². The second-order valence-corrected chi connectivity index (χ2v) is 6.36. The van der Waals surface area contributed by atoms with Crippen molar-refractivity contribution in [1.29, 1.82) is 0 Å². The van der Waals surface area contributed by atoms with E-state index in [1.807, 2.05) is 42.5 Å². The molecule has 0 aliphatic carbocycles. The second kappa shape index (κ2) is 8.11. The number of carbonyl (C=O) groups is 1. The smallest absolute Gasteiger partial charge is 0.321 e. The Morgan fingerprint density at radius 3 is 2.55 bits per heavy atom. The van der Waals surface area contributed by atoms with Crippen LogP contribution in [0.3, 0.4) is 0 Å². The van der Waals surface area contributed by atoms with Crippen molar-refractivity contribution >= 4 is 21.9 Å². The lowest BCUT2D eigenvalue weighted by atomic mass is 10.00. The predicted octanol–water partition coefficient (Wildman–Crippen LogP) is 3.84. The van der Waals surface area contributed by atoms with Crippen molar-refractivity contribution in [3.63, 3.8) is 0 Å². The molecule has 0 aromatic heterocycles. The average molecular weight is 362 g/mol. The second-order valence-electron chi connectivity index (χ2n) is 5.44. The number of nitrogens with one attached hydrogen (secondary N) is 1. The minimum atomic E-state index is -0.815. The molecule has 0 aliphatic heterocycles. The van der Waals surface area contributed by atoms with Gasteiger partial charge in [0.05, 0.1) is 0 Å². The highest BCUT2D eigenvalue weighted by atomic mass is 79.9. The lowest BCUT2D eigenvalue weighted by Crippen LogP contribution is -2.40. The van der Waals surface area contributed by atoms with E-state index >= 15 is 0 Å². The number of aliphatic carboxylic acids is 1. The summed E-state index contributed by atoms with van der Waals surface area (Å²) in [6, 6.07) is 17.2. The Morgan fingerprint density at radius 2 is 1.91 bits per heavy atom. The Balaban J connectivity index is 1.95. The maximum Gasteiger partial charge on any atom is 0.321 e. The molecule has 0 spiro atoms. The van der Waals surface area contributed by atoms with Crippen LogP contribution in [0, 0.1) is 0 Å². The van der Waals surface area contributed by atoms with E-state index in [1.54, 1.807) is 0 Å². The number of hydrogen-bond acceptors (Lipinski definition) is 2. The van der Waals surface area contributed by atoms with Gasteiger partial charge in [-0.2, -0.15) is 0 Å². The fourth-order valence-corrected chi connectivity index (χ4v) is 2.76. The van der Waals surface area contributed by atoms with Gasteiger partial charge in [0.2, 0.25) is 0 Å². The highest BCUT2D eigenvalue weighted by molar-refractivity contribution is 9.10. The van der Waals surface area contributed by atoms with Crippen LogP contribution in [0.2, 0.25) is 0 Å². The number of carboxylic acid groups (broad SMARTS) is 1. The van der Waals surface area contributed by atoms with Crippen LogP contribution in [0.15, 0.2) is 59.1 Å². The predicted molar refractivity (Wildman–Crippen MR) is 92.1 cm³/mol. The standard InChI is InChI=1S/C18H20BrNO2/c1-13(15-8-5-9-16(19)11-15)12-20-17(18(21)22)10-14-6-3-2-4-7-14/h2-9,11,13,17,20H,10,12H2,1H3,(H,21,22)/t13?,17-/m0/s1. The van der Waals surface area contributed by atoms with Gasteiger partial charge < -0.3 is 10.4 Å². The van der Waals surface area contributed by atoms with Gasteiger partial charge in [0.1, 0.15) is 6.04 Å². The Hall–Kier alpha value is -1.65. The largest absolute Gasteiger partial charge is 0.480 e. The summed E-state index contributed by atoms with van der Waals surface area (Å²) in [5.74, 6) is -0.569. The van der Waals surface area contributed by atoms with Crippen LogP contribution in [0.25, 0.3) is 0 Å². The molecule has 2 aromatic carbocycles. The van der Waals surface area contributed by atoms with Crippen molar-refractivity contribution in [2.45, 2.75) is 25.3 Å². The summed E-state index contributed by atoms with van der Waals surface area (Å²) in [4.78, 5) is 11.4. The van der Waals surface area contributed by atoms with Gasteiger partial charge in [-0.25, -0.2) is 0 Å². The number of benzene rings is 2. The number of carboxylic acids is 1. The van der Waals surface area contributed by atoms with E-state index in [9.17, 15) is 9.90 Å². The highest BCUT2D eigenvalue weighted by Crippen LogP contribution is 2.19. The molecule has 2 N–H and O–H groups in total. The van der Waals surface area contributed by atoms with Crippen LogP contribution >= 0.6 is 15.9 Å². The summed E-state index contributed by atoms with van der Waals surface area (Å²) in [7, 11) is 0. The van der Waals surface area contributed by atoms with E-state index in [0.717, 1.165) is 10.0 Å².